The van der Waals surface area contributed by atoms with E-state index in [1.54, 1.807) is 6.08 Å². The summed E-state index contributed by atoms with van der Waals surface area (Å²) in [5.74, 6) is -0.958. The largest absolute Gasteiger partial charge is 0.478 e. The van der Waals surface area contributed by atoms with Gasteiger partial charge in [0.05, 0.1) is 5.52 Å². The topological polar surface area (TPSA) is 53.4 Å². The first kappa shape index (κ1) is 14.1. The Bertz CT molecular complexity index is 703. The predicted molar refractivity (Wildman–Crippen MR) is 82.2 cm³/mol. The van der Waals surface area contributed by atoms with Crippen LogP contribution in [-0.4, -0.2) is 30.2 Å². The predicted octanol–water partition coefficient (Wildman–Crippen LogP) is 3.02. The smallest absolute Gasteiger partial charge is 0.328 e. The lowest BCUT2D eigenvalue weighted by Crippen LogP contribution is -2.10. The average molecular weight is 270 g/mol. The molecule has 2 aromatic rings. The summed E-state index contributed by atoms with van der Waals surface area (Å²) in [4.78, 5) is 17.3. The number of carboxylic acid groups (broad SMARTS) is 1. The molecule has 0 aliphatic rings. The second kappa shape index (κ2) is 5.33. The van der Waals surface area contributed by atoms with Crippen molar-refractivity contribution >= 4 is 28.6 Å². The molecule has 0 fully saturated rings. The van der Waals surface area contributed by atoms with Gasteiger partial charge in [-0.3, -0.25) is 4.98 Å². The summed E-state index contributed by atoms with van der Waals surface area (Å²) < 4.78 is 0. The highest BCUT2D eigenvalue weighted by atomic mass is 16.4. The zero-order valence-electron chi connectivity index (χ0n) is 12.1. The molecule has 4 nitrogen and oxygen atoms in total. The van der Waals surface area contributed by atoms with E-state index < -0.39 is 5.97 Å². The summed E-state index contributed by atoms with van der Waals surface area (Å²) in [7, 11) is 3.98. The van der Waals surface area contributed by atoms with Crippen molar-refractivity contribution in [2.45, 2.75) is 13.8 Å². The molecule has 0 spiro atoms. The summed E-state index contributed by atoms with van der Waals surface area (Å²) in [6.45, 7) is 3.94. The van der Waals surface area contributed by atoms with E-state index in [1.165, 1.54) is 0 Å². The molecule has 0 saturated carbocycles. The van der Waals surface area contributed by atoms with Gasteiger partial charge < -0.3 is 10.0 Å². The van der Waals surface area contributed by atoms with Gasteiger partial charge in [-0.2, -0.15) is 0 Å². The summed E-state index contributed by atoms with van der Waals surface area (Å²) in [5.41, 5.74) is 4.73. The van der Waals surface area contributed by atoms with E-state index in [0.29, 0.717) is 0 Å². The fourth-order valence-corrected chi connectivity index (χ4v) is 2.27. The van der Waals surface area contributed by atoms with Crippen LogP contribution in [0.1, 0.15) is 16.8 Å². The summed E-state index contributed by atoms with van der Waals surface area (Å²) in [6.07, 6.45) is 2.75. The number of carbonyl (C=O) groups is 1. The van der Waals surface area contributed by atoms with Crippen LogP contribution >= 0.6 is 0 Å². The van der Waals surface area contributed by atoms with Crippen LogP contribution in [0.25, 0.3) is 17.0 Å². The van der Waals surface area contributed by atoms with Gasteiger partial charge in [-0.05, 0) is 43.7 Å². The van der Waals surface area contributed by atoms with Gasteiger partial charge in [0.1, 0.15) is 0 Å². The lowest BCUT2D eigenvalue weighted by molar-refractivity contribution is -0.131. The number of hydrogen-bond acceptors (Lipinski definition) is 3. The first-order valence-corrected chi connectivity index (χ1v) is 6.39. The number of hydrogen-bond donors (Lipinski definition) is 1. The van der Waals surface area contributed by atoms with Gasteiger partial charge >= 0.3 is 5.97 Å². The highest BCUT2D eigenvalue weighted by molar-refractivity contribution is 5.98. The third-order valence-electron chi connectivity index (χ3n) is 3.08. The average Bonchev–Trinajstić information content (AvgIpc) is 2.35. The van der Waals surface area contributed by atoms with E-state index in [0.717, 1.165) is 39.5 Å². The molecular formula is C16H18N2O2. The Kier molecular flexibility index (Phi) is 3.74. The van der Waals surface area contributed by atoms with E-state index in [1.807, 2.05) is 45.0 Å². The summed E-state index contributed by atoms with van der Waals surface area (Å²) in [5, 5.41) is 9.83. The van der Waals surface area contributed by atoms with Crippen molar-refractivity contribution in [3.8, 4) is 0 Å². The van der Waals surface area contributed by atoms with Crippen molar-refractivity contribution in [3.05, 3.63) is 41.1 Å². The number of aryl methyl sites for hydroxylation is 2. The lowest BCUT2D eigenvalue weighted by atomic mass is 10.0. The molecule has 0 saturated heterocycles. The second-order valence-electron chi connectivity index (χ2n) is 5.10. The third-order valence-corrected chi connectivity index (χ3v) is 3.08. The van der Waals surface area contributed by atoms with Crippen LogP contribution in [0.15, 0.2) is 24.3 Å². The van der Waals surface area contributed by atoms with Gasteiger partial charge in [-0.1, -0.05) is 0 Å². The Morgan fingerprint density at radius 3 is 2.55 bits per heavy atom. The molecule has 2 rings (SSSR count). The van der Waals surface area contributed by atoms with Crippen LogP contribution in [0.5, 0.6) is 0 Å². The van der Waals surface area contributed by atoms with E-state index in [9.17, 15) is 4.79 Å². The number of benzene rings is 1. The van der Waals surface area contributed by atoms with Crippen molar-refractivity contribution in [2.24, 2.45) is 0 Å². The fourth-order valence-electron chi connectivity index (χ4n) is 2.27. The minimum atomic E-state index is -0.958. The normalized spacial score (nSPS) is 11.2. The molecule has 0 aliphatic carbocycles. The molecule has 1 N–H and O–H groups in total. The van der Waals surface area contributed by atoms with Gasteiger partial charge in [0, 0.05) is 42.5 Å². The molecule has 0 radical (unpaired) electrons. The van der Waals surface area contributed by atoms with Crippen molar-refractivity contribution in [1.82, 2.24) is 4.98 Å². The van der Waals surface area contributed by atoms with Gasteiger partial charge in [0.2, 0.25) is 0 Å². The van der Waals surface area contributed by atoms with Gasteiger partial charge in [-0.15, -0.1) is 0 Å². The monoisotopic (exact) mass is 270 g/mol. The fraction of sp³-hybridized carbons (Fsp3) is 0.250. The number of carboxylic acids is 1. The van der Waals surface area contributed by atoms with Gasteiger partial charge in [0.15, 0.2) is 0 Å². The Labute approximate surface area is 118 Å². The van der Waals surface area contributed by atoms with E-state index >= 15 is 0 Å². The minimum absolute atomic E-state index is 0.828. The van der Waals surface area contributed by atoms with Crippen molar-refractivity contribution in [3.63, 3.8) is 0 Å². The third kappa shape index (κ3) is 2.79. The van der Waals surface area contributed by atoms with Crippen LogP contribution in [0.2, 0.25) is 0 Å². The highest BCUT2D eigenvalue weighted by Gasteiger charge is 2.09. The number of nitrogens with zero attached hydrogens (tertiary/aromatic N) is 2. The molecule has 1 aromatic heterocycles. The van der Waals surface area contributed by atoms with E-state index in [-0.39, 0.29) is 0 Å². The SMILES string of the molecule is Cc1cc(/C=C/C(=O)O)c2nc(C)cc(N(C)C)c2c1. The second-order valence-corrected chi connectivity index (χ2v) is 5.10. The number of aromatic nitrogens is 1. The van der Waals surface area contributed by atoms with E-state index in [4.69, 9.17) is 5.11 Å². The molecular weight excluding hydrogens is 252 g/mol. The summed E-state index contributed by atoms with van der Waals surface area (Å²) in [6, 6.07) is 6.06. The molecule has 1 aromatic carbocycles. The van der Waals surface area contributed by atoms with Gasteiger partial charge in [-0.25, -0.2) is 4.79 Å². The first-order valence-electron chi connectivity index (χ1n) is 6.39. The van der Waals surface area contributed by atoms with Crippen LogP contribution in [0.4, 0.5) is 5.69 Å². The van der Waals surface area contributed by atoms with Crippen LogP contribution < -0.4 is 4.90 Å². The number of rotatable bonds is 3. The quantitative estimate of drug-likeness (QED) is 0.871. The van der Waals surface area contributed by atoms with Crippen molar-refractivity contribution in [1.29, 1.82) is 0 Å². The molecule has 0 amide bonds. The number of fused-ring (bicyclic) bond motifs is 1. The molecule has 0 bridgehead atoms. The number of aliphatic carboxylic acids is 1. The van der Waals surface area contributed by atoms with Gasteiger partial charge in [0.25, 0.3) is 0 Å². The molecule has 0 unspecified atom stereocenters. The summed E-state index contributed by atoms with van der Waals surface area (Å²) >= 11 is 0. The standard InChI is InChI=1S/C16H18N2O2/c1-10-7-12(5-6-15(19)20)16-13(8-10)14(18(3)4)9-11(2)17-16/h5-9H,1-4H3,(H,19,20)/b6-5+. The first-order chi connectivity index (χ1) is 9.38. The maximum Gasteiger partial charge on any atom is 0.328 e. The Hall–Kier alpha value is -2.36. The number of pyridine rings is 1. The van der Waals surface area contributed by atoms with Crippen LogP contribution in [-0.2, 0) is 4.79 Å². The molecule has 1 heterocycles. The Morgan fingerprint density at radius 1 is 1.25 bits per heavy atom. The lowest BCUT2D eigenvalue weighted by Gasteiger charge is -2.17. The van der Waals surface area contributed by atoms with E-state index in [2.05, 4.69) is 11.1 Å². The molecule has 0 atom stereocenters. The zero-order chi connectivity index (χ0) is 14.9. The maximum atomic E-state index is 10.7. The molecule has 0 aliphatic heterocycles. The molecule has 4 heteroatoms. The molecule has 104 valence electrons. The Morgan fingerprint density at radius 2 is 1.95 bits per heavy atom. The molecule has 20 heavy (non-hydrogen) atoms. The van der Waals surface area contributed by atoms with Crippen molar-refractivity contribution < 1.29 is 9.90 Å². The highest BCUT2D eigenvalue weighted by Crippen LogP contribution is 2.29. The van der Waals surface area contributed by atoms with Crippen molar-refractivity contribution in [2.75, 3.05) is 19.0 Å². The maximum absolute atomic E-state index is 10.7. The van der Waals surface area contributed by atoms with Crippen LogP contribution in [0.3, 0.4) is 0 Å². The Balaban J connectivity index is 2.79. The minimum Gasteiger partial charge on any atom is -0.478 e. The number of anilines is 1. The zero-order valence-corrected chi connectivity index (χ0v) is 12.1. The van der Waals surface area contributed by atoms with Crippen LogP contribution in [0, 0.1) is 13.8 Å².